The van der Waals surface area contributed by atoms with Crippen LogP contribution >= 0.6 is 22.6 Å². The number of benzene rings is 1. The molecule has 0 saturated carbocycles. The van der Waals surface area contributed by atoms with Crippen LogP contribution in [0.3, 0.4) is 0 Å². The molecule has 0 aliphatic heterocycles. The molecule has 1 aromatic rings. The Hall–Kier alpha value is -0.720. The average molecular weight is 368 g/mol. The SMILES string of the molecule is N#Cc1cc(S(=O)(=O)NCCCI)ccc1F. The molecule has 0 spiro atoms. The van der Waals surface area contributed by atoms with Gasteiger partial charge in [-0.2, -0.15) is 5.26 Å². The lowest BCUT2D eigenvalue weighted by atomic mass is 10.2. The molecule has 1 rings (SSSR count). The highest BCUT2D eigenvalue weighted by atomic mass is 127. The number of nitrogens with one attached hydrogen (secondary N) is 1. The van der Waals surface area contributed by atoms with Gasteiger partial charge in [-0.05, 0) is 24.6 Å². The number of nitrogens with zero attached hydrogens (tertiary/aromatic N) is 1. The smallest absolute Gasteiger partial charge is 0.211 e. The molecular weight excluding hydrogens is 358 g/mol. The van der Waals surface area contributed by atoms with E-state index >= 15 is 0 Å². The van der Waals surface area contributed by atoms with Crippen LogP contribution in [0.1, 0.15) is 12.0 Å². The maximum atomic E-state index is 13.0. The van der Waals surface area contributed by atoms with Gasteiger partial charge in [-0.3, -0.25) is 0 Å². The maximum Gasteiger partial charge on any atom is 0.240 e. The molecule has 0 aliphatic carbocycles. The summed E-state index contributed by atoms with van der Waals surface area (Å²) in [4.78, 5) is -0.0936. The molecule has 0 aliphatic rings. The fraction of sp³-hybridized carbons (Fsp3) is 0.300. The first-order valence-corrected chi connectivity index (χ1v) is 7.77. The second-order valence-corrected chi connectivity index (χ2v) is 6.04. The van der Waals surface area contributed by atoms with E-state index in [2.05, 4.69) is 27.3 Å². The molecule has 4 nitrogen and oxygen atoms in total. The van der Waals surface area contributed by atoms with Crippen LogP contribution < -0.4 is 4.72 Å². The predicted molar refractivity (Wildman–Crippen MR) is 69.8 cm³/mol. The van der Waals surface area contributed by atoms with Crippen LogP contribution in [0.15, 0.2) is 23.1 Å². The van der Waals surface area contributed by atoms with E-state index in [1.54, 1.807) is 6.07 Å². The van der Waals surface area contributed by atoms with Crippen LogP contribution in [0.25, 0.3) is 0 Å². The van der Waals surface area contributed by atoms with Crippen molar-refractivity contribution in [3.05, 3.63) is 29.6 Å². The number of hydrogen-bond donors (Lipinski definition) is 1. The summed E-state index contributed by atoms with van der Waals surface area (Å²) in [5, 5.41) is 8.62. The molecule has 17 heavy (non-hydrogen) atoms. The molecule has 0 bridgehead atoms. The van der Waals surface area contributed by atoms with Crippen LogP contribution in [0, 0.1) is 17.1 Å². The molecule has 0 aromatic heterocycles. The Balaban J connectivity index is 2.96. The highest BCUT2D eigenvalue weighted by Gasteiger charge is 2.15. The van der Waals surface area contributed by atoms with Gasteiger partial charge in [-0.25, -0.2) is 17.5 Å². The summed E-state index contributed by atoms with van der Waals surface area (Å²) in [6.07, 6.45) is 0.714. The van der Waals surface area contributed by atoms with Crippen molar-refractivity contribution in [1.82, 2.24) is 4.72 Å². The van der Waals surface area contributed by atoms with Gasteiger partial charge in [0.1, 0.15) is 11.9 Å². The Labute approximate surface area is 113 Å². The molecule has 92 valence electrons. The first-order chi connectivity index (χ1) is 8.01. The molecule has 0 heterocycles. The van der Waals surface area contributed by atoms with E-state index in [0.717, 1.165) is 22.6 Å². The molecule has 1 N–H and O–H groups in total. The van der Waals surface area contributed by atoms with E-state index in [0.29, 0.717) is 13.0 Å². The van der Waals surface area contributed by atoms with Gasteiger partial charge in [0.15, 0.2) is 0 Å². The molecule has 0 unspecified atom stereocenters. The third kappa shape index (κ3) is 3.90. The van der Waals surface area contributed by atoms with Crippen molar-refractivity contribution in [1.29, 1.82) is 5.26 Å². The van der Waals surface area contributed by atoms with Gasteiger partial charge in [-0.15, -0.1) is 0 Å². The van der Waals surface area contributed by atoms with Gasteiger partial charge < -0.3 is 0 Å². The Morgan fingerprint density at radius 3 is 2.76 bits per heavy atom. The summed E-state index contributed by atoms with van der Waals surface area (Å²) in [6, 6.07) is 4.76. The minimum Gasteiger partial charge on any atom is -0.211 e. The predicted octanol–water partition coefficient (Wildman–Crippen LogP) is 1.80. The monoisotopic (exact) mass is 368 g/mol. The number of sulfonamides is 1. The fourth-order valence-corrected chi connectivity index (χ4v) is 2.60. The zero-order valence-corrected chi connectivity index (χ0v) is 11.8. The Bertz CT molecular complexity index is 540. The van der Waals surface area contributed by atoms with Gasteiger partial charge in [0.2, 0.25) is 10.0 Å². The third-order valence-electron chi connectivity index (χ3n) is 1.97. The lowest BCUT2D eigenvalue weighted by Crippen LogP contribution is -2.25. The van der Waals surface area contributed by atoms with Crippen molar-refractivity contribution >= 4 is 32.6 Å². The van der Waals surface area contributed by atoms with Gasteiger partial charge in [0.05, 0.1) is 10.5 Å². The summed E-state index contributed by atoms with van der Waals surface area (Å²) in [5.41, 5.74) is -0.276. The summed E-state index contributed by atoms with van der Waals surface area (Å²) in [7, 11) is -3.65. The van der Waals surface area contributed by atoms with E-state index in [1.165, 1.54) is 0 Å². The number of hydrogen-bond acceptors (Lipinski definition) is 3. The topological polar surface area (TPSA) is 70.0 Å². The van der Waals surface area contributed by atoms with E-state index in [4.69, 9.17) is 5.26 Å². The van der Waals surface area contributed by atoms with Crippen LogP contribution in [0.5, 0.6) is 0 Å². The number of nitriles is 1. The first-order valence-electron chi connectivity index (χ1n) is 4.76. The lowest BCUT2D eigenvalue weighted by molar-refractivity contribution is 0.580. The summed E-state index contributed by atoms with van der Waals surface area (Å²) < 4.78 is 39.7. The third-order valence-corrected chi connectivity index (χ3v) is 4.19. The number of rotatable bonds is 5. The Morgan fingerprint density at radius 2 is 2.18 bits per heavy atom. The number of alkyl halides is 1. The summed E-state index contributed by atoms with van der Waals surface area (Å²) in [5.74, 6) is -0.723. The average Bonchev–Trinajstić information content (AvgIpc) is 2.29. The molecule has 1 aromatic carbocycles. The summed E-state index contributed by atoms with van der Waals surface area (Å²) >= 11 is 2.14. The second kappa shape index (κ2) is 6.28. The molecule has 0 amide bonds. The molecule has 0 radical (unpaired) electrons. The van der Waals surface area contributed by atoms with Crippen molar-refractivity contribution in [2.75, 3.05) is 11.0 Å². The van der Waals surface area contributed by atoms with Crippen LogP contribution in [0.4, 0.5) is 4.39 Å². The van der Waals surface area contributed by atoms with Crippen LogP contribution in [-0.2, 0) is 10.0 Å². The van der Waals surface area contributed by atoms with Crippen molar-refractivity contribution < 1.29 is 12.8 Å². The standard InChI is InChI=1S/C10H10FIN2O2S/c11-10-3-2-9(6-8(10)7-13)17(15,16)14-5-1-4-12/h2-3,6,14H,1,4-5H2. The van der Waals surface area contributed by atoms with Crippen molar-refractivity contribution in [3.63, 3.8) is 0 Å². The minimum absolute atomic E-state index is 0.0936. The second-order valence-electron chi connectivity index (χ2n) is 3.19. The van der Waals surface area contributed by atoms with Crippen molar-refractivity contribution in [3.8, 4) is 6.07 Å². The van der Waals surface area contributed by atoms with E-state index in [9.17, 15) is 12.8 Å². The quantitative estimate of drug-likeness (QED) is 0.490. The van der Waals surface area contributed by atoms with Crippen LogP contribution in [-0.4, -0.2) is 19.4 Å². The molecular formula is C10H10FIN2O2S. The minimum atomic E-state index is -3.65. The maximum absolute atomic E-state index is 13.0. The van der Waals surface area contributed by atoms with Gasteiger partial charge in [0, 0.05) is 11.0 Å². The Kier molecular flexibility index (Phi) is 5.30. The molecule has 0 atom stereocenters. The zero-order chi connectivity index (χ0) is 12.9. The fourth-order valence-electron chi connectivity index (χ4n) is 1.11. The van der Waals surface area contributed by atoms with Gasteiger partial charge in [0.25, 0.3) is 0 Å². The molecule has 0 saturated heterocycles. The van der Waals surface area contributed by atoms with E-state index in [-0.39, 0.29) is 10.5 Å². The van der Waals surface area contributed by atoms with Gasteiger partial charge in [-0.1, -0.05) is 22.6 Å². The van der Waals surface area contributed by atoms with Gasteiger partial charge >= 0.3 is 0 Å². The highest BCUT2D eigenvalue weighted by Crippen LogP contribution is 2.14. The highest BCUT2D eigenvalue weighted by molar-refractivity contribution is 14.1. The molecule has 7 heteroatoms. The largest absolute Gasteiger partial charge is 0.240 e. The van der Waals surface area contributed by atoms with E-state index < -0.39 is 15.8 Å². The summed E-state index contributed by atoms with van der Waals surface area (Å²) in [6.45, 7) is 0.324. The normalized spacial score (nSPS) is 11.1. The van der Waals surface area contributed by atoms with Crippen molar-refractivity contribution in [2.24, 2.45) is 0 Å². The Morgan fingerprint density at radius 1 is 1.47 bits per heavy atom. The lowest BCUT2D eigenvalue weighted by Gasteiger charge is -2.06. The zero-order valence-electron chi connectivity index (χ0n) is 8.78. The van der Waals surface area contributed by atoms with Crippen LogP contribution in [0.2, 0.25) is 0 Å². The van der Waals surface area contributed by atoms with Crippen molar-refractivity contribution in [2.45, 2.75) is 11.3 Å². The van der Waals surface area contributed by atoms with E-state index in [1.807, 2.05) is 0 Å². The first kappa shape index (κ1) is 14.3. The number of halogens is 2. The molecule has 0 fully saturated rings.